The molecule has 176 valence electrons. The molecule has 0 saturated carbocycles. The summed E-state index contributed by atoms with van der Waals surface area (Å²) in [5.41, 5.74) is 0. The van der Waals surface area contributed by atoms with Gasteiger partial charge in [-0.2, -0.15) is 4.31 Å². The molecular weight excluding hydrogens is 482 g/mol. The SMILES string of the molecule is CCOc1ccc(S(=O)(=O)N(Cc2ccc(Sc3ccccc3)o2)C2CCS(=O)(=O)C2)cc1. The third-order valence-corrected chi connectivity index (χ3v) is 9.86. The second-order valence-corrected chi connectivity index (χ2v) is 12.8. The van der Waals surface area contributed by atoms with Gasteiger partial charge in [0.05, 0.1) is 29.6 Å². The maximum atomic E-state index is 13.5. The first kappa shape index (κ1) is 23.9. The Morgan fingerprint density at radius 2 is 1.79 bits per heavy atom. The Hall–Kier alpha value is -2.27. The van der Waals surface area contributed by atoms with Crippen LogP contribution in [0.4, 0.5) is 0 Å². The minimum Gasteiger partial charge on any atom is -0.494 e. The molecule has 0 radical (unpaired) electrons. The highest BCUT2D eigenvalue weighted by atomic mass is 32.2. The van der Waals surface area contributed by atoms with Gasteiger partial charge in [0.25, 0.3) is 0 Å². The molecule has 0 N–H and O–H groups in total. The van der Waals surface area contributed by atoms with Gasteiger partial charge in [0.1, 0.15) is 11.5 Å². The van der Waals surface area contributed by atoms with E-state index in [0.29, 0.717) is 23.2 Å². The van der Waals surface area contributed by atoms with Crippen LogP contribution in [-0.4, -0.2) is 45.3 Å². The molecule has 0 amide bonds. The second-order valence-electron chi connectivity index (χ2n) is 7.65. The Morgan fingerprint density at radius 3 is 2.42 bits per heavy atom. The van der Waals surface area contributed by atoms with Gasteiger partial charge in [-0.3, -0.25) is 0 Å². The maximum absolute atomic E-state index is 13.5. The minimum absolute atomic E-state index is 0.0276. The van der Waals surface area contributed by atoms with E-state index in [1.165, 1.54) is 28.2 Å². The molecule has 0 spiro atoms. The number of benzene rings is 2. The summed E-state index contributed by atoms with van der Waals surface area (Å²) >= 11 is 1.43. The van der Waals surface area contributed by atoms with Gasteiger partial charge in [-0.15, -0.1) is 0 Å². The Bertz CT molecular complexity index is 1290. The van der Waals surface area contributed by atoms with E-state index < -0.39 is 25.9 Å². The summed E-state index contributed by atoms with van der Waals surface area (Å²) in [5.74, 6) is 0.794. The molecule has 2 heterocycles. The summed E-state index contributed by atoms with van der Waals surface area (Å²) in [6.45, 7) is 2.27. The lowest BCUT2D eigenvalue weighted by atomic mass is 10.2. The van der Waals surface area contributed by atoms with Crippen LogP contribution >= 0.6 is 11.8 Å². The summed E-state index contributed by atoms with van der Waals surface area (Å²) in [6, 6.07) is 18.7. The van der Waals surface area contributed by atoms with Crippen molar-refractivity contribution >= 4 is 31.6 Å². The third-order valence-electron chi connectivity index (χ3n) is 5.27. The summed E-state index contributed by atoms with van der Waals surface area (Å²) in [4.78, 5) is 1.08. The quantitative estimate of drug-likeness (QED) is 0.428. The number of rotatable bonds is 9. The first-order chi connectivity index (χ1) is 15.8. The lowest BCUT2D eigenvalue weighted by Gasteiger charge is -2.26. The van der Waals surface area contributed by atoms with E-state index in [9.17, 15) is 16.8 Å². The predicted octanol–water partition coefficient (Wildman–Crippen LogP) is 4.21. The highest BCUT2D eigenvalue weighted by Crippen LogP contribution is 2.32. The number of hydrogen-bond acceptors (Lipinski definition) is 7. The van der Waals surface area contributed by atoms with Crippen LogP contribution in [0.25, 0.3) is 0 Å². The van der Waals surface area contributed by atoms with Crippen LogP contribution in [-0.2, 0) is 26.4 Å². The summed E-state index contributed by atoms with van der Waals surface area (Å²) in [6.07, 6.45) is 0.255. The van der Waals surface area contributed by atoms with Gasteiger partial charge in [0, 0.05) is 10.9 Å². The molecule has 1 fully saturated rings. The van der Waals surface area contributed by atoms with E-state index >= 15 is 0 Å². The molecule has 1 unspecified atom stereocenters. The van der Waals surface area contributed by atoms with Crippen molar-refractivity contribution in [1.29, 1.82) is 0 Å². The lowest BCUT2D eigenvalue weighted by molar-refractivity contribution is 0.296. The van der Waals surface area contributed by atoms with Crippen molar-refractivity contribution in [2.75, 3.05) is 18.1 Å². The van der Waals surface area contributed by atoms with Gasteiger partial charge >= 0.3 is 0 Å². The zero-order valence-electron chi connectivity index (χ0n) is 18.1. The Kier molecular flexibility index (Phi) is 7.18. The predicted molar refractivity (Wildman–Crippen MR) is 127 cm³/mol. The summed E-state index contributed by atoms with van der Waals surface area (Å²) < 4.78 is 63.9. The number of hydrogen-bond donors (Lipinski definition) is 0. The molecule has 1 aliphatic heterocycles. The molecule has 33 heavy (non-hydrogen) atoms. The van der Waals surface area contributed by atoms with Crippen molar-refractivity contribution in [2.45, 2.75) is 40.8 Å². The highest BCUT2D eigenvalue weighted by Gasteiger charge is 2.39. The van der Waals surface area contributed by atoms with E-state index in [0.717, 1.165) is 4.90 Å². The molecule has 4 rings (SSSR count). The van der Waals surface area contributed by atoms with Crippen LogP contribution in [0, 0.1) is 0 Å². The van der Waals surface area contributed by atoms with Gasteiger partial charge in [-0.25, -0.2) is 16.8 Å². The number of ether oxygens (including phenoxy) is 1. The molecule has 1 aromatic heterocycles. The molecule has 1 saturated heterocycles. The smallest absolute Gasteiger partial charge is 0.243 e. The number of nitrogens with zero attached hydrogens (tertiary/aromatic N) is 1. The van der Waals surface area contributed by atoms with Gasteiger partial charge in [-0.05, 0) is 61.9 Å². The van der Waals surface area contributed by atoms with Crippen molar-refractivity contribution in [2.24, 2.45) is 0 Å². The van der Waals surface area contributed by atoms with Crippen LogP contribution in [0.1, 0.15) is 19.1 Å². The molecule has 10 heteroatoms. The van der Waals surface area contributed by atoms with Crippen LogP contribution < -0.4 is 4.74 Å². The van der Waals surface area contributed by atoms with E-state index in [-0.39, 0.29) is 29.4 Å². The molecule has 0 aliphatic carbocycles. The van der Waals surface area contributed by atoms with E-state index in [4.69, 9.17) is 9.15 Å². The molecule has 1 aliphatic rings. The van der Waals surface area contributed by atoms with E-state index in [1.54, 1.807) is 24.3 Å². The fourth-order valence-electron chi connectivity index (χ4n) is 3.68. The van der Waals surface area contributed by atoms with Gasteiger partial charge < -0.3 is 9.15 Å². The van der Waals surface area contributed by atoms with Crippen molar-refractivity contribution in [3.05, 3.63) is 72.5 Å². The van der Waals surface area contributed by atoms with Crippen molar-refractivity contribution in [3.63, 3.8) is 0 Å². The van der Waals surface area contributed by atoms with Crippen LogP contribution in [0.2, 0.25) is 0 Å². The molecular formula is C23H25NO6S3. The molecule has 7 nitrogen and oxygen atoms in total. The summed E-state index contributed by atoms with van der Waals surface area (Å²) in [7, 11) is -7.25. The highest BCUT2D eigenvalue weighted by molar-refractivity contribution is 7.99. The average Bonchev–Trinajstić information content (AvgIpc) is 3.38. The first-order valence-corrected chi connectivity index (χ1v) is 14.6. The lowest BCUT2D eigenvalue weighted by Crippen LogP contribution is -2.40. The van der Waals surface area contributed by atoms with Crippen molar-refractivity contribution in [1.82, 2.24) is 4.31 Å². The van der Waals surface area contributed by atoms with Crippen LogP contribution in [0.15, 0.2) is 86.0 Å². The fourth-order valence-corrected chi connectivity index (χ4v) is 7.93. The van der Waals surface area contributed by atoms with Crippen LogP contribution in [0.3, 0.4) is 0 Å². The third kappa shape index (κ3) is 5.81. The van der Waals surface area contributed by atoms with Crippen molar-refractivity contribution < 1.29 is 26.0 Å². The zero-order valence-corrected chi connectivity index (χ0v) is 20.5. The summed E-state index contributed by atoms with van der Waals surface area (Å²) in [5, 5.41) is 0.633. The topological polar surface area (TPSA) is 93.9 Å². The van der Waals surface area contributed by atoms with E-state index in [1.807, 2.05) is 37.3 Å². The zero-order chi connectivity index (χ0) is 23.5. The van der Waals surface area contributed by atoms with E-state index in [2.05, 4.69) is 0 Å². The number of furan rings is 1. The maximum Gasteiger partial charge on any atom is 0.243 e. The van der Waals surface area contributed by atoms with Gasteiger partial charge in [-0.1, -0.05) is 30.0 Å². The second kappa shape index (κ2) is 9.92. The molecule has 2 aromatic carbocycles. The normalized spacial score (nSPS) is 17.9. The standard InChI is InChI=1S/C23H25NO6S3/c1-2-29-19-8-11-22(12-9-19)33(27,28)24(18-14-15-32(25,26)17-18)16-20-10-13-23(30-20)31-21-6-4-3-5-7-21/h3-13,18H,2,14-17H2,1H3. The van der Waals surface area contributed by atoms with Gasteiger partial charge in [0.15, 0.2) is 14.9 Å². The Balaban J connectivity index is 1.60. The first-order valence-electron chi connectivity index (χ1n) is 10.5. The Labute approximate surface area is 198 Å². The monoisotopic (exact) mass is 507 g/mol. The Morgan fingerprint density at radius 1 is 1.06 bits per heavy atom. The largest absolute Gasteiger partial charge is 0.494 e. The van der Waals surface area contributed by atoms with Crippen molar-refractivity contribution in [3.8, 4) is 5.75 Å². The number of sulfone groups is 1. The molecule has 1 atom stereocenters. The van der Waals surface area contributed by atoms with Gasteiger partial charge in [0.2, 0.25) is 10.0 Å². The minimum atomic E-state index is -3.97. The fraction of sp³-hybridized carbons (Fsp3) is 0.304. The molecule has 3 aromatic rings. The number of sulfonamides is 1. The molecule has 0 bridgehead atoms. The van der Waals surface area contributed by atoms with Crippen LogP contribution in [0.5, 0.6) is 5.75 Å². The average molecular weight is 508 g/mol.